The molecule has 2 N–H and O–H groups in total. The third-order valence-electron chi connectivity index (χ3n) is 2.26. The smallest absolute Gasteiger partial charge is 0.259 e. The van der Waals surface area contributed by atoms with E-state index in [0.717, 1.165) is 5.56 Å². The van der Waals surface area contributed by atoms with Gasteiger partial charge >= 0.3 is 0 Å². The molecule has 0 bridgehead atoms. The summed E-state index contributed by atoms with van der Waals surface area (Å²) in [5.41, 5.74) is 6.42. The van der Waals surface area contributed by atoms with Crippen LogP contribution in [0.5, 0.6) is 5.75 Å². The Balaban J connectivity index is 3.18. The quantitative estimate of drug-likeness (QED) is 0.614. The van der Waals surface area contributed by atoms with Crippen LogP contribution in [0.15, 0.2) is 29.8 Å². The molecule has 0 saturated carbocycles. The molecule has 0 aliphatic carbocycles. The van der Waals surface area contributed by atoms with E-state index in [1.54, 1.807) is 44.4 Å². The van der Waals surface area contributed by atoms with Crippen molar-refractivity contribution >= 4 is 11.5 Å². The van der Waals surface area contributed by atoms with E-state index >= 15 is 0 Å². The van der Waals surface area contributed by atoms with Crippen LogP contribution in [0.25, 0.3) is 5.57 Å². The summed E-state index contributed by atoms with van der Waals surface area (Å²) in [5, 5.41) is 8.80. The standard InChI is InChI=1S/C12H12N2O2/c1-8(11(7-13)12(14)15)9-3-5-10(16-2)6-4-9/h3-6H,1-2H3,(H2,14,15)/b11-8-. The Labute approximate surface area is 93.9 Å². The first-order valence-corrected chi connectivity index (χ1v) is 4.65. The lowest BCUT2D eigenvalue weighted by Crippen LogP contribution is -2.13. The van der Waals surface area contributed by atoms with Gasteiger partial charge in [0.1, 0.15) is 17.4 Å². The van der Waals surface area contributed by atoms with Crippen molar-refractivity contribution in [2.45, 2.75) is 6.92 Å². The lowest BCUT2D eigenvalue weighted by Gasteiger charge is -2.04. The van der Waals surface area contributed by atoms with Crippen LogP contribution in [0, 0.1) is 11.3 Å². The number of methoxy groups -OCH3 is 1. The molecule has 0 heterocycles. The molecule has 0 aliphatic rings. The predicted molar refractivity (Wildman–Crippen MR) is 60.4 cm³/mol. The van der Waals surface area contributed by atoms with E-state index in [1.807, 2.05) is 0 Å². The van der Waals surface area contributed by atoms with E-state index < -0.39 is 5.91 Å². The molecule has 4 heteroatoms. The maximum Gasteiger partial charge on any atom is 0.259 e. The number of carbonyl (C=O) groups excluding carboxylic acids is 1. The molecular formula is C12H12N2O2. The summed E-state index contributed by atoms with van der Waals surface area (Å²) in [6.07, 6.45) is 0. The number of nitrogens with zero attached hydrogens (tertiary/aromatic N) is 1. The minimum absolute atomic E-state index is 0.0230. The van der Waals surface area contributed by atoms with E-state index in [0.29, 0.717) is 11.3 Å². The van der Waals surface area contributed by atoms with E-state index in [4.69, 9.17) is 15.7 Å². The highest BCUT2D eigenvalue weighted by Crippen LogP contribution is 2.20. The molecule has 4 nitrogen and oxygen atoms in total. The number of nitrogens with two attached hydrogens (primary N) is 1. The normalized spacial score (nSPS) is 11.3. The highest BCUT2D eigenvalue weighted by atomic mass is 16.5. The zero-order chi connectivity index (χ0) is 12.1. The van der Waals surface area contributed by atoms with Crippen LogP contribution in [-0.2, 0) is 4.79 Å². The zero-order valence-electron chi connectivity index (χ0n) is 9.15. The molecule has 16 heavy (non-hydrogen) atoms. The van der Waals surface area contributed by atoms with Crippen molar-refractivity contribution in [2.75, 3.05) is 7.11 Å². The van der Waals surface area contributed by atoms with Crippen molar-refractivity contribution in [1.82, 2.24) is 0 Å². The summed E-state index contributed by atoms with van der Waals surface area (Å²) in [5.74, 6) is 0.00458. The van der Waals surface area contributed by atoms with Crippen molar-refractivity contribution in [1.29, 1.82) is 5.26 Å². The van der Waals surface area contributed by atoms with E-state index in [2.05, 4.69) is 0 Å². The summed E-state index contributed by atoms with van der Waals surface area (Å²) in [7, 11) is 1.57. The summed E-state index contributed by atoms with van der Waals surface area (Å²) in [6.45, 7) is 1.69. The van der Waals surface area contributed by atoms with E-state index in [9.17, 15) is 4.79 Å². The first-order chi connectivity index (χ1) is 7.60. The minimum Gasteiger partial charge on any atom is -0.497 e. The Morgan fingerprint density at radius 3 is 2.31 bits per heavy atom. The first kappa shape index (κ1) is 11.8. The number of amides is 1. The Hall–Kier alpha value is -2.28. The Morgan fingerprint density at radius 1 is 1.38 bits per heavy atom. The van der Waals surface area contributed by atoms with Crippen molar-refractivity contribution in [3.63, 3.8) is 0 Å². The fraction of sp³-hybridized carbons (Fsp3) is 0.167. The molecule has 1 aromatic rings. The second kappa shape index (κ2) is 4.99. The van der Waals surface area contributed by atoms with Gasteiger partial charge in [0.25, 0.3) is 5.91 Å². The maximum atomic E-state index is 11.0. The van der Waals surface area contributed by atoms with Gasteiger partial charge in [-0.3, -0.25) is 4.79 Å². The van der Waals surface area contributed by atoms with Gasteiger partial charge in [0.15, 0.2) is 0 Å². The molecule has 0 spiro atoms. The van der Waals surface area contributed by atoms with Gasteiger partial charge < -0.3 is 10.5 Å². The summed E-state index contributed by atoms with van der Waals surface area (Å²) >= 11 is 0. The second-order valence-corrected chi connectivity index (χ2v) is 3.20. The number of hydrogen-bond acceptors (Lipinski definition) is 3. The number of benzene rings is 1. The van der Waals surface area contributed by atoms with Gasteiger partial charge in [0.2, 0.25) is 0 Å². The van der Waals surface area contributed by atoms with Crippen LogP contribution in [0.3, 0.4) is 0 Å². The summed E-state index contributed by atoms with van der Waals surface area (Å²) < 4.78 is 5.01. The molecule has 82 valence electrons. The number of ether oxygens (including phenoxy) is 1. The fourth-order valence-electron chi connectivity index (χ4n) is 1.31. The predicted octanol–water partition coefficient (Wildman–Crippen LogP) is 1.48. The number of primary amides is 1. The molecule has 0 radical (unpaired) electrons. The SMILES string of the molecule is COc1ccc(/C(C)=C(/C#N)C(N)=O)cc1. The second-order valence-electron chi connectivity index (χ2n) is 3.20. The van der Waals surface area contributed by atoms with Gasteiger partial charge in [-0.05, 0) is 30.2 Å². The summed E-state index contributed by atoms with van der Waals surface area (Å²) in [4.78, 5) is 11.0. The third kappa shape index (κ3) is 2.39. The Kier molecular flexibility index (Phi) is 3.67. The van der Waals surface area contributed by atoms with Gasteiger partial charge in [-0.1, -0.05) is 12.1 Å². The molecule has 1 amide bonds. The van der Waals surface area contributed by atoms with Crippen LogP contribution < -0.4 is 10.5 Å². The van der Waals surface area contributed by atoms with Crippen molar-refractivity contribution in [3.8, 4) is 11.8 Å². The highest BCUT2D eigenvalue weighted by Gasteiger charge is 2.09. The largest absolute Gasteiger partial charge is 0.497 e. The number of hydrogen-bond donors (Lipinski definition) is 1. The molecule has 0 aliphatic heterocycles. The molecule has 1 rings (SSSR count). The van der Waals surface area contributed by atoms with Crippen LogP contribution >= 0.6 is 0 Å². The van der Waals surface area contributed by atoms with E-state index in [-0.39, 0.29) is 5.57 Å². The van der Waals surface area contributed by atoms with Crippen LogP contribution in [0.4, 0.5) is 0 Å². The van der Waals surface area contributed by atoms with Gasteiger partial charge in [-0.15, -0.1) is 0 Å². The molecular weight excluding hydrogens is 204 g/mol. The Bertz CT molecular complexity index is 467. The molecule has 1 aromatic carbocycles. The molecule has 0 aromatic heterocycles. The van der Waals surface area contributed by atoms with Gasteiger partial charge in [0.05, 0.1) is 7.11 Å². The third-order valence-corrected chi connectivity index (χ3v) is 2.26. The Morgan fingerprint density at radius 2 is 1.94 bits per heavy atom. The highest BCUT2D eigenvalue weighted by molar-refractivity contribution is 6.03. The average Bonchev–Trinajstić information content (AvgIpc) is 2.29. The molecule has 0 unspecified atom stereocenters. The zero-order valence-corrected chi connectivity index (χ0v) is 9.15. The molecule has 0 fully saturated rings. The topological polar surface area (TPSA) is 76.1 Å². The van der Waals surface area contributed by atoms with Gasteiger partial charge in [-0.2, -0.15) is 5.26 Å². The maximum absolute atomic E-state index is 11.0. The number of allylic oxidation sites excluding steroid dienone is 1. The van der Waals surface area contributed by atoms with Crippen LogP contribution in [-0.4, -0.2) is 13.0 Å². The van der Waals surface area contributed by atoms with Crippen molar-refractivity contribution < 1.29 is 9.53 Å². The first-order valence-electron chi connectivity index (χ1n) is 4.65. The number of rotatable bonds is 3. The molecule has 0 atom stereocenters. The lowest BCUT2D eigenvalue weighted by molar-refractivity contribution is -0.114. The monoisotopic (exact) mass is 216 g/mol. The number of carbonyl (C=O) groups is 1. The fourth-order valence-corrected chi connectivity index (χ4v) is 1.31. The molecule has 0 saturated heterocycles. The lowest BCUT2D eigenvalue weighted by atomic mass is 10.0. The summed E-state index contributed by atoms with van der Waals surface area (Å²) in [6, 6.07) is 8.86. The van der Waals surface area contributed by atoms with Crippen molar-refractivity contribution in [2.24, 2.45) is 5.73 Å². The minimum atomic E-state index is -0.712. The van der Waals surface area contributed by atoms with Crippen molar-refractivity contribution in [3.05, 3.63) is 35.4 Å². The average molecular weight is 216 g/mol. The van der Waals surface area contributed by atoms with E-state index in [1.165, 1.54) is 0 Å². The van der Waals surface area contributed by atoms with Crippen LogP contribution in [0.1, 0.15) is 12.5 Å². The number of nitriles is 1. The van der Waals surface area contributed by atoms with Gasteiger partial charge in [-0.25, -0.2) is 0 Å². The van der Waals surface area contributed by atoms with Gasteiger partial charge in [0, 0.05) is 0 Å². The van der Waals surface area contributed by atoms with Crippen LogP contribution in [0.2, 0.25) is 0 Å².